The van der Waals surface area contributed by atoms with Crippen LogP contribution in [0.5, 0.6) is 0 Å². The van der Waals surface area contributed by atoms with Crippen molar-refractivity contribution in [3.63, 3.8) is 0 Å². The zero-order chi connectivity index (χ0) is 14.2. The molecular formula is C15H18Cl2N2O. The monoisotopic (exact) mass is 312 g/mol. The minimum atomic E-state index is 0.0746. The summed E-state index contributed by atoms with van der Waals surface area (Å²) in [5.74, 6) is 0.211. The zero-order valence-corrected chi connectivity index (χ0v) is 12.8. The molecule has 1 aromatic carbocycles. The molecule has 20 heavy (non-hydrogen) atoms. The molecule has 5 heteroatoms. The van der Waals surface area contributed by atoms with Crippen LogP contribution in [0.4, 0.5) is 0 Å². The Morgan fingerprint density at radius 1 is 1.15 bits per heavy atom. The van der Waals surface area contributed by atoms with Gasteiger partial charge in [0.15, 0.2) is 0 Å². The number of carbonyl (C=O) groups is 1. The van der Waals surface area contributed by atoms with Crippen molar-refractivity contribution in [2.24, 2.45) is 0 Å². The van der Waals surface area contributed by atoms with Crippen LogP contribution in [-0.4, -0.2) is 29.4 Å². The molecule has 0 aliphatic carbocycles. The van der Waals surface area contributed by atoms with Crippen molar-refractivity contribution in [3.8, 4) is 0 Å². The van der Waals surface area contributed by atoms with Crippen LogP contribution in [0.2, 0.25) is 10.0 Å². The summed E-state index contributed by atoms with van der Waals surface area (Å²) in [7, 11) is 0. The summed E-state index contributed by atoms with van der Waals surface area (Å²) >= 11 is 12.0. The fourth-order valence-electron chi connectivity index (χ4n) is 3.18. The van der Waals surface area contributed by atoms with Gasteiger partial charge in [-0.3, -0.25) is 9.69 Å². The maximum atomic E-state index is 11.4. The molecule has 3 nitrogen and oxygen atoms in total. The van der Waals surface area contributed by atoms with Crippen molar-refractivity contribution in [1.82, 2.24) is 10.2 Å². The predicted octanol–water partition coefficient (Wildman–Crippen LogP) is 3.24. The van der Waals surface area contributed by atoms with Gasteiger partial charge in [-0.15, -0.1) is 0 Å². The summed E-state index contributed by atoms with van der Waals surface area (Å²) in [6.07, 6.45) is 3.76. The van der Waals surface area contributed by atoms with E-state index in [4.69, 9.17) is 23.2 Å². The number of benzene rings is 1. The molecule has 2 saturated heterocycles. The third kappa shape index (κ3) is 2.95. The first-order valence-corrected chi connectivity index (χ1v) is 7.79. The molecule has 2 heterocycles. The molecule has 1 aromatic rings. The highest BCUT2D eigenvalue weighted by Crippen LogP contribution is 2.32. The fourth-order valence-corrected chi connectivity index (χ4v) is 3.50. The van der Waals surface area contributed by atoms with Crippen molar-refractivity contribution in [1.29, 1.82) is 0 Å². The number of piperidine rings is 1. The Bertz CT molecular complexity index is 525. The average molecular weight is 313 g/mol. The number of nitrogens with zero attached hydrogens (tertiary/aromatic N) is 1. The van der Waals surface area contributed by atoms with E-state index in [1.807, 2.05) is 18.2 Å². The van der Waals surface area contributed by atoms with Gasteiger partial charge in [-0.2, -0.15) is 0 Å². The maximum absolute atomic E-state index is 11.4. The van der Waals surface area contributed by atoms with Gasteiger partial charge in [-0.25, -0.2) is 0 Å². The van der Waals surface area contributed by atoms with E-state index in [1.54, 1.807) is 0 Å². The molecule has 2 aliphatic rings. The van der Waals surface area contributed by atoms with Gasteiger partial charge in [0.2, 0.25) is 5.91 Å². The molecule has 1 spiro atoms. The zero-order valence-electron chi connectivity index (χ0n) is 11.3. The standard InChI is InChI=1S/C15H18Cl2N2O/c16-12-2-1-11(9-13(12)17)10-19-7-5-15(6-8-19)4-3-14(20)18-15/h1-2,9H,3-8,10H2,(H,18,20). The quantitative estimate of drug-likeness (QED) is 0.909. The molecule has 0 bridgehead atoms. The van der Waals surface area contributed by atoms with Crippen LogP contribution in [0.1, 0.15) is 31.2 Å². The first-order chi connectivity index (χ1) is 9.56. The highest BCUT2D eigenvalue weighted by atomic mass is 35.5. The van der Waals surface area contributed by atoms with Gasteiger partial charge in [0, 0.05) is 31.6 Å². The van der Waals surface area contributed by atoms with Gasteiger partial charge in [0.1, 0.15) is 0 Å². The minimum Gasteiger partial charge on any atom is -0.351 e. The summed E-state index contributed by atoms with van der Waals surface area (Å²) in [5.41, 5.74) is 1.26. The first kappa shape index (κ1) is 14.2. The lowest BCUT2D eigenvalue weighted by molar-refractivity contribution is -0.120. The van der Waals surface area contributed by atoms with Crippen molar-refractivity contribution >= 4 is 29.1 Å². The summed E-state index contributed by atoms with van der Waals surface area (Å²) < 4.78 is 0. The van der Waals surface area contributed by atoms with Gasteiger partial charge < -0.3 is 5.32 Å². The first-order valence-electron chi connectivity index (χ1n) is 7.04. The van der Waals surface area contributed by atoms with Crippen LogP contribution in [0.3, 0.4) is 0 Å². The Labute approximate surface area is 129 Å². The average Bonchev–Trinajstić information content (AvgIpc) is 2.78. The third-order valence-electron chi connectivity index (χ3n) is 4.44. The molecule has 0 radical (unpaired) electrons. The maximum Gasteiger partial charge on any atom is 0.220 e. The topological polar surface area (TPSA) is 32.3 Å². The van der Waals surface area contributed by atoms with Crippen molar-refractivity contribution in [2.75, 3.05) is 13.1 Å². The fraction of sp³-hybridized carbons (Fsp3) is 0.533. The van der Waals surface area contributed by atoms with E-state index in [9.17, 15) is 4.79 Å². The van der Waals surface area contributed by atoms with E-state index in [0.29, 0.717) is 16.5 Å². The number of carbonyl (C=O) groups excluding carboxylic acids is 1. The molecule has 0 atom stereocenters. The van der Waals surface area contributed by atoms with E-state index in [0.717, 1.165) is 38.9 Å². The number of hydrogen-bond donors (Lipinski definition) is 1. The van der Waals surface area contributed by atoms with Gasteiger partial charge in [0.05, 0.1) is 10.0 Å². The second-order valence-corrected chi connectivity index (χ2v) is 6.67. The molecule has 0 aromatic heterocycles. The highest BCUT2D eigenvalue weighted by Gasteiger charge is 2.39. The lowest BCUT2D eigenvalue weighted by atomic mass is 9.86. The highest BCUT2D eigenvalue weighted by molar-refractivity contribution is 6.42. The summed E-state index contributed by atoms with van der Waals surface area (Å²) in [4.78, 5) is 13.8. The molecule has 3 rings (SSSR count). The molecule has 2 fully saturated rings. The SMILES string of the molecule is O=C1CCC2(CCN(Cc3ccc(Cl)c(Cl)c3)CC2)N1. The van der Waals surface area contributed by atoms with E-state index in [-0.39, 0.29) is 11.4 Å². The Morgan fingerprint density at radius 3 is 2.50 bits per heavy atom. The van der Waals surface area contributed by atoms with Gasteiger partial charge in [-0.05, 0) is 37.0 Å². The minimum absolute atomic E-state index is 0.0746. The molecule has 1 N–H and O–H groups in total. The normalized spacial score (nSPS) is 22.2. The van der Waals surface area contributed by atoms with E-state index >= 15 is 0 Å². The molecule has 0 unspecified atom stereocenters. The van der Waals surface area contributed by atoms with Crippen molar-refractivity contribution in [2.45, 2.75) is 37.8 Å². The van der Waals surface area contributed by atoms with Gasteiger partial charge in [-0.1, -0.05) is 29.3 Å². The Kier molecular flexibility index (Phi) is 3.93. The van der Waals surface area contributed by atoms with E-state index in [1.165, 1.54) is 5.56 Å². The lowest BCUT2D eigenvalue weighted by Gasteiger charge is -2.39. The molecule has 108 valence electrons. The number of rotatable bonds is 2. The van der Waals surface area contributed by atoms with Crippen LogP contribution < -0.4 is 5.32 Å². The van der Waals surface area contributed by atoms with Crippen LogP contribution in [0.25, 0.3) is 0 Å². The number of halogens is 2. The van der Waals surface area contributed by atoms with Crippen LogP contribution in [0.15, 0.2) is 18.2 Å². The van der Waals surface area contributed by atoms with Crippen molar-refractivity contribution < 1.29 is 4.79 Å². The van der Waals surface area contributed by atoms with Crippen LogP contribution in [0, 0.1) is 0 Å². The summed E-state index contributed by atoms with van der Waals surface area (Å²) in [6, 6.07) is 5.81. The summed E-state index contributed by atoms with van der Waals surface area (Å²) in [5, 5.41) is 4.38. The van der Waals surface area contributed by atoms with E-state index in [2.05, 4.69) is 10.2 Å². The Balaban J connectivity index is 1.58. The van der Waals surface area contributed by atoms with Gasteiger partial charge in [0.25, 0.3) is 0 Å². The number of hydrogen-bond acceptors (Lipinski definition) is 2. The Morgan fingerprint density at radius 2 is 1.90 bits per heavy atom. The second-order valence-electron chi connectivity index (χ2n) is 5.85. The van der Waals surface area contributed by atoms with E-state index < -0.39 is 0 Å². The third-order valence-corrected chi connectivity index (χ3v) is 5.18. The van der Waals surface area contributed by atoms with Gasteiger partial charge >= 0.3 is 0 Å². The molecule has 0 saturated carbocycles. The summed E-state index contributed by atoms with van der Waals surface area (Å²) in [6.45, 7) is 2.92. The smallest absolute Gasteiger partial charge is 0.220 e. The van der Waals surface area contributed by atoms with Crippen LogP contribution >= 0.6 is 23.2 Å². The van der Waals surface area contributed by atoms with Crippen molar-refractivity contribution in [3.05, 3.63) is 33.8 Å². The lowest BCUT2D eigenvalue weighted by Crippen LogP contribution is -2.50. The molecular weight excluding hydrogens is 295 g/mol. The predicted molar refractivity (Wildman–Crippen MR) is 81.1 cm³/mol. The number of likely N-dealkylation sites (tertiary alicyclic amines) is 1. The molecule has 1 amide bonds. The number of nitrogens with one attached hydrogen (secondary N) is 1. The largest absolute Gasteiger partial charge is 0.351 e. The number of amides is 1. The molecule has 2 aliphatic heterocycles. The second kappa shape index (κ2) is 5.55. The Hall–Kier alpha value is -0.770. The van der Waals surface area contributed by atoms with Crippen LogP contribution in [-0.2, 0) is 11.3 Å².